The van der Waals surface area contributed by atoms with Gasteiger partial charge in [-0.2, -0.15) is 0 Å². The minimum atomic E-state index is 0.0471. The number of anilines is 1. The summed E-state index contributed by atoms with van der Waals surface area (Å²) in [5.74, 6) is 1.58. The molecular formula is C18H23N5O. The summed E-state index contributed by atoms with van der Waals surface area (Å²) in [5, 5.41) is 0. The zero-order chi connectivity index (χ0) is 16.4. The van der Waals surface area contributed by atoms with Crippen LogP contribution in [0.1, 0.15) is 30.7 Å². The van der Waals surface area contributed by atoms with Gasteiger partial charge >= 0.3 is 0 Å². The van der Waals surface area contributed by atoms with Crippen LogP contribution in [-0.4, -0.2) is 45.2 Å². The Morgan fingerprint density at radius 3 is 2.83 bits per heavy atom. The molecule has 6 nitrogen and oxygen atoms in total. The van der Waals surface area contributed by atoms with E-state index in [2.05, 4.69) is 30.9 Å². The van der Waals surface area contributed by atoms with Gasteiger partial charge in [-0.05, 0) is 38.5 Å². The van der Waals surface area contributed by atoms with E-state index in [1.165, 1.54) is 0 Å². The Bertz CT molecular complexity index is 685. The number of ether oxygens (including phenoxy) is 1. The van der Waals surface area contributed by atoms with Gasteiger partial charge in [-0.1, -0.05) is 0 Å². The third-order valence-corrected chi connectivity index (χ3v) is 5.19. The molecule has 2 aromatic rings. The highest BCUT2D eigenvalue weighted by atomic mass is 16.5. The van der Waals surface area contributed by atoms with E-state index >= 15 is 0 Å². The molecule has 2 aliphatic heterocycles. The Balaban J connectivity index is 1.35. The highest BCUT2D eigenvalue weighted by Crippen LogP contribution is 2.40. The predicted octanol–water partition coefficient (Wildman–Crippen LogP) is 2.19. The predicted molar refractivity (Wildman–Crippen MR) is 90.7 cm³/mol. The zero-order valence-corrected chi connectivity index (χ0v) is 14.1. The van der Waals surface area contributed by atoms with Crippen LogP contribution in [0.4, 0.5) is 5.82 Å². The van der Waals surface area contributed by atoms with Crippen molar-refractivity contribution in [1.82, 2.24) is 19.9 Å². The molecule has 2 saturated heterocycles. The summed E-state index contributed by atoms with van der Waals surface area (Å²) < 4.78 is 6.27. The Morgan fingerprint density at radius 2 is 2.08 bits per heavy atom. The topological polar surface area (TPSA) is 64.0 Å². The molecule has 0 unspecified atom stereocenters. The smallest absolute Gasteiger partial charge is 0.132 e. The third-order valence-electron chi connectivity index (χ3n) is 5.19. The van der Waals surface area contributed by atoms with Crippen molar-refractivity contribution in [2.75, 3.05) is 24.6 Å². The molecule has 6 heteroatoms. The van der Waals surface area contributed by atoms with Crippen molar-refractivity contribution < 1.29 is 4.74 Å². The first-order valence-corrected chi connectivity index (χ1v) is 8.65. The molecule has 0 N–H and O–H groups in total. The fourth-order valence-corrected chi connectivity index (χ4v) is 3.91. The van der Waals surface area contributed by atoms with Crippen molar-refractivity contribution in [3.63, 3.8) is 0 Å². The molecule has 24 heavy (non-hydrogen) atoms. The average molecular weight is 325 g/mol. The zero-order valence-electron chi connectivity index (χ0n) is 14.1. The molecular weight excluding hydrogens is 302 g/mol. The summed E-state index contributed by atoms with van der Waals surface area (Å²) in [6.45, 7) is 4.83. The molecule has 0 aliphatic carbocycles. The van der Waals surface area contributed by atoms with Gasteiger partial charge in [0.15, 0.2) is 0 Å². The maximum absolute atomic E-state index is 6.27. The average Bonchev–Trinajstić information content (AvgIpc) is 2.99. The van der Waals surface area contributed by atoms with Gasteiger partial charge < -0.3 is 9.64 Å². The Kier molecular flexibility index (Phi) is 4.14. The van der Waals surface area contributed by atoms with Crippen molar-refractivity contribution in [1.29, 1.82) is 0 Å². The second-order valence-corrected chi connectivity index (χ2v) is 6.97. The second-order valence-electron chi connectivity index (χ2n) is 6.97. The fraction of sp³-hybridized carbons (Fsp3) is 0.556. The molecule has 4 rings (SSSR count). The Hall–Kier alpha value is -2.08. The van der Waals surface area contributed by atoms with Gasteiger partial charge in [0.2, 0.25) is 0 Å². The van der Waals surface area contributed by atoms with Crippen molar-refractivity contribution in [3.05, 3.63) is 42.4 Å². The first-order valence-electron chi connectivity index (χ1n) is 8.65. The van der Waals surface area contributed by atoms with E-state index in [-0.39, 0.29) is 5.60 Å². The largest absolute Gasteiger partial charge is 0.375 e. The number of hydrogen-bond donors (Lipinski definition) is 0. The molecule has 0 saturated carbocycles. The van der Waals surface area contributed by atoms with Crippen LogP contribution in [0.25, 0.3) is 0 Å². The molecule has 0 aromatic carbocycles. The molecule has 1 spiro atoms. The minimum Gasteiger partial charge on any atom is -0.375 e. The lowest BCUT2D eigenvalue weighted by Crippen LogP contribution is -2.44. The van der Waals surface area contributed by atoms with E-state index in [1.807, 2.05) is 13.1 Å². The molecule has 126 valence electrons. The first kappa shape index (κ1) is 15.4. The molecule has 0 radical (unpaired) electrons. The number of nitrogens with zero attached hydrogens (tertiary/aromatic N) is 5. The summed E-state index contributed by atoms with van der Waals surface area (Å²) in [5.41, 5.74) is 2.13. The molecule has 0 bridgehead atoms. The second kappa shape index (κ2) is 6.43. The lowest BCUT2D eigenvalue weighted by Gasteiger charge is -2.39. The van der Waals surface area contributed by atoms with E-state index in [4.69, 9.17) is 4.74 Å². The number of aryl methyl sites for hydroxylation is 1. The Morgan fingerprint density at radius 1 is 1.21 bits per heavy atom. The van der Waals surface area contributed by atoms with Gasteiger partial charge in [-0.15, -0.1) is 0 Å². The molecule has 2 aliphatic rings. The van der Waals surface area contributed by atoms with E-state index in [0.717, 1.165) is 62.6 Å². The molecule has 2 fully saturated rings. The third kappa shape index (κ3) is 3.24. The number of aromatic nitrogens is 4. The van der Waals surface area contributed by atoms with Crippen LogP contribution in [0, 0.1) is 12.8 Å². The Labute approximate surface area is 142 Å². The van der Waals surface area contributed by atoms with E-state index in [9.17, 15) is 0 Å². The van der Waals surface area contributed by atoms with Gasteiger partial charge in [0, 0.05) is 43.4 Å². The van der Waals surface area contributed by atoms with Gasteiger partial charge in [0.05, 0.1) is 17.9 Å². The van der Waals surface area contributed by atoms with Crippen LogP contribution in [0.2, 0.25) is 0 Å². The van der Waals surface area contributed by atoms with Gasteiger partial charge in [-0.25, -0.2) is 9.97 Å². The van der Waals surface area contributed by atoms with Crippen molar-refractivity contribution >= 4 is 5.82 Å². The van der Waals surface area contributed by atoms with Crippen LogP contribution in [-0.2, 0) is 11.2 Å². The van der Waals surface area contributed by atoms with Gasteiger partial charge in [0.25, 0.3) is 0 Å². The van der Waals surface area contributed by atoms with Crippen molar-refractivity contribution in [2.45, 2.75) is 38.2 Å². The maximum Gasteiger partial charge on any atom is 0.132 e. The van der Waals surface area contributed by atoms with E-state index in [1.54, 1.807) is 18.7 Å². The molecule has 1 atom stereocenters. The van der Waals surface area contributed by atoms with Crippen LogP contribution in [0.15, 0.2) is 31.0 Å². The van der Waals surface area contributed by atoms with E-state index < -0.39 is 0 Å². The summed E-state index contributed by atoms with van der Waals surface area (Å²) in [4.78, 5) is 19.5. The summed E-state index contributed by atoms with van der Waals surface area (Å²) in [6, 6.07) is 2.06. The minimum absolute atomic E-state index is 0.0471. The molecule has 0 amide bonds. The number of rotatable bonds is 3. The fourth-order valence-electron chi connectivity index (χ4n) is 3.91. The summed E-state index contributed by atoms with van der Waals surface area (Å²) in [7, 11) is 0. The summed E-state index contributed by atoms with van der Waals surface area (Å²) >= 11 is 0. The van der Waals surface area contributed by atoms with Gasteiger partial charge in [0.1, 0.15) is 12.1 Å². The SMILES string of the molecule is Cc1cc(N2CCC3(CC2)C[C@H](Cc2cnccn2)CO3)ncn1. The highest BCUT2D eigenvalue weighted by molar-refractivity contribution is 5.39. The number of hydrogen-bond acceptors (Lipinski definition) is 6. The standard InChI is InChI=1S/C18H23N5O/c1-14-8-17(22-13-21-14)23-6-2-18(3-7-23)10-15(12-24-18)9-16-11-19-4-5-20-16/h4-5,8,11,13,15H,2-3,6-7,9-10,12H2,1H3/t15-/m0/s1. The highest BCUT2D eigenvalue weighted by Gasteiger charge is 2.42. The maximum atomic E-state index is 6.27. The quantitative estimate of drug-likeness (QED) is 0.862. The van der Waals surface area contributed by atoms with Crippen molar-refractivity contribution in [3.8, 4) is 0 Å². The van der Waals surface area contributed by atoms with Crippen LogP contribution in [0.3, 0.4) is 0 Å². The molecule has 2 aromatic heterocycles. The van der Waals surface area contributed by atoms with Crippen LogP contribution < -0.4 is 4.90 Å². The van der Waals surface area contributed by atoms with Crippen LogP contribution in [0.5, 0.6) is 0 Å². The van der Waals surface area contributed by atoms with E-state index in [0.29, 0.717) is 5.92 Å². The monoisotopic (exact) mass is 325 g/mol. The number of piperidine rings is 1. The van der Waals surface area contributed by atoms with Gasteiger partial charge in [-0.3, -0.25) is 9.97 Å². The van der Waals surface area contributed by atoms with Crippen LogP contribution >= 0.6 is 0 Å². The lowest BCUT2D eigenvalue weighted by atomic mass is 9.84. The normalized spacial score (nSPS) is 22.9. The first-order chi connectivity index (χ1) is 11.7. The van der Waals surface area contributed by atoms with Crippen molar-refractivity contribution in [2.24, 2.45) is 5.92 Å². The summed E-state index contributed by atoms with van der Waals surface area (Å²) in [6.07, 6.45) is 11.2. The molecule has 4 heterocycles. The lowest BCUT2D eigenvalue weighted by molar-refractivity contribution is -0.0153.